The number of rotatable bonds is 4. The average Bonchev–Trinajstić information content (AvgIpc) is 3.19. The van der Waals surface area contributed by atoms with E-state index < -0.39 is 0 Å². The van der Waals surface area contributed by atoms with Gasteiger partial charge in [0.2, 0.25) is 0 Å². The fourth-order valence-corrected chi connectivity index (χ4v) is 4.51. The molecule has 3 heterocycles. The molecular formula is C23H32N6O2. The lowest BCUT2D eigenvalue weighted by molar-refractivity contribution is 0.101. The lowest BCUT2D eigenvalue weighted by atomic mass is 9.94. The molecule has 0 saturated carbocycles. The molecule has 0 unspecified atom stereocenters. The summed E-state index contributed by atoms with van der Waals surface area (Å²) in [5, 5.41) is 3.05. The van der Waals surface area contributed by atoms with Crippen molar-refractivity contribution in [3.8, 4) is 0 Å². The number of aromatic nitrogens is 2. The molecule has 0 spiro atoms. The molecule has 2 saturated heterocycles. The molecule has 2 N–H and O–H groups in total. The number of aromatic amines is 1. The first-order valence-corrected chi connectivity index (χ1v) is 11.0. The van der Waals surface area contributed by atoms with Crippen LogP contribution >= 0.6 is 0 Å². The summed E-state index contributed by atoms with van der Waals surface area (Å²) >= 11 is 0. The highest BCUT2D eigenvalue weighted by Gasteiger charge is 2.29. The molecule has 8 heteroatoms. The molecule has 1 aromatic heterocycles. The minimum Gasteiger partial charge on any atom is -0.370 e. The van der Waals surface area contributed by atoms with E-state index in [0.717, 1.165) is 48.9 Å². The fraction of sp³-hybridized carbons (Fsp3) is 0.522. The van der Waals surface area contributed by atoms with Crippen LogP contribution in [0.1, 0.15) is 47.6 Å². The van der Waals surface area contributed by atoms with Gasteiger partial charge >= 0.3 is 6.03 Å². The molecule has 2 aromatic rings. The Morgan fingerprint density at radius 2 is 1.84 bits per heavy atom. The third-order valence-corrected chi connectivity index (χ3v) is 6.43. The molecule has 31 heavy (non-hydrogen) atoms. The van der Waals surface area contributed by atoms with Crippen molar-refractivity contribution in [1.29, 1.82) is 0 Å². The monoisotopic (exact) mass is 424 g/mol. The largest absolute Gasteiger partial charge is 0.370 e. The minimum atomic E-state index is -0.241. The van der Waals surface area contributed by atoms with Gasteiger partial charge in [0.25, 0.3) is 5.91 Å². The molecule has 0 radical (unpaired) electrons. The first-order chi connectivity index (χ1) is 14.8. The van der Waals surface area contributed by atoms with Crippen molar-refractivity contribution < 1.29 is 9.59 Å². The maximum absolute atomic E-state index is 12.7. The van der Waals surface area contributed by atoms with Crippen LogP contribution < -0.4 is 10.2 Å². The molecule has 4 rings (SSSR count). The number of nitrogens with zero attached hydrogens (tertiary/aromatic N) is 4. The standard InChI is InChI=1S/C23H32N6O2/c1-15-7-9-29(10-8-15)20-11-17(18-13-27(3)23(31)28(4)14-18)5-6-19(20)26-22(30)21-24-12-16(2)25-21/h5-6,11-12,15,18H,7-10,13-14H2,1-4H3,(H,24,25)(H,26,30). The zero-order chi connectivity index (χ0) is 22.1. The summed E-state index contributed by atoms with van der Waals surface area (Å²) in [4.78, 5) is 38.0. The van der Waals surface area contributed by atoms with Gasteiger partial charge in [-0.1, -0.05) is 13.0 Å². The maximum atomic E-state index is 12.7. The summed E-state index contributed by atoms with van der Waals surface area (Å²) in [6.07, 6.45) is 3.93. The minimum absolute atomic E-state index is 0.0547. The van der Waals surface area contributed by atoms with Crippen LogP contribution in [0.4, 0.5) is 16.2 Å². The number of carbonyl (C=O) groups is 2. The van der Waals surface area contributed by atoms with E-state index in [2.05, 4.69) is 39.2 Å². The lowest BCUT2D eigenvalue weighted by Gasteiger charge is -2.38. The number of amides is 3. The SMILES string of the molecule is Cc1cnc(C(=O)Nc2ccc(C3CN(C)C(=O)N(C)C3)cc2N2CCC(C)CC2)[nH]1. The summed E-state index contributed by atoms with van der Waals surface area (Å²) in [6.45, 7) is 7.49. The van der Waals surface area contributed by atoms with Crippen LogP contribution in [0.3, 0.4) is 0 Å². The number of likely N-dealkylation sites (N-methyl/N-ethyl adjacent to an activating group) is 2. The average molecular weight is 425 g/mol. The number of imidazole rings is 1. The summed E-state index contributed by atoms with van der Waals surface area (Å²) in [6, 6.07) is 6.31. The smallest absolute Gasteiger partial charge is 0.319 e. The number of urea groups is 1. The van der Waals surface area contributed by atoms with Gasteiger partial charge in [-0.2, -0.15) is 0 Å². The van der Waals surface area contributed by atoms with Gasteiger partial charge in [-0.25, -0.2) is 9.78 Å². The molecule has 0 aliphatic carbocycles. The van der Waals surface area contributed by atoms with Crippen molar-refractivity contribution >= 4 is 23.3 Å². The first-order valence-electron chi connectivity index (χ1n) is 11.0. The molecule has 2 aliphatic rings. The Morgan fingerprint density at radius 1 is 1.16 bits per heavy atom. The van der Waals surface area contributed by atoms with E-state index in [1.165, 1.54) is 5.56 Å². The number of aryl methyl sites for hydroxylation is 1. The molecule has 2 fully saturated rings. The fourth-order valence-electron chi connectivity index (χ4n) is 4.51. The van der Waals surface area contributed by atoms with Crippen molar-refractivity contribution in [3.63, 3.8) is 0 Å². The maximum Gasteiger partial charge on any atom is 0.319 e. The molecule has 0 bridgehead atoms. The van der Waals surface area contributed by atoms with E-state index in [1.54, 1.807) is 16.0 Å². The second-order valence-electron chi connectivity index (χ2n) is 9.06. The Hall–Kier alpha value is -3.03. The number of nitrogens with one attached hydrogen (secondary N) is 2. The van der Waals surface area contributed by atoms with Crippen LogP contribution in [0.25, 0.3) is 0 Å². The Morgan fingerprint density at radius 3 is 2.45 bits per heavy atom. The van der Waals surface area contributed by atoms with Crippen LogP contribution in [-0.4, -0.2) is 72.0 Å². The second-order valence-corrected chi connectivity index (χ2v) is 9.06. The highest BCUT2D eigenvalue weighted by molar-refractivity contribution is 6.03. The zero-order valence-corrected chi connectivity index (χ0v) is 18.8. The van der Waals surface area contributed by atoms with Crippen molar-refractivity contribution in [2.24, 2.45) is 5.92 Å². The molecular weight excluding hydrogens is 392 g/mol. The Bertz CT molecular complexity index is 949. The van der Waals surface area contributed by atoms with E-state index in [-0.39, 0.29) is 17.9 Å². The summed E-state index contributed by atoms with van der Waals surface area (Å²) in [7, 11) is 3.69. The van der Waals surface area contributed by atoms with E-state index in [0.29, 0.717) is 18.9 Å². The number of anilines is 2. The number of piperidine rings is 1. The predicted molar refractivity (Wildman–Crippen MR) is 122 cm³/mol. The molecule has 0 atom stereocenters. The molecule has 166 valence electrons. The number of H-pyrrole nitrogens is 1. The van der Waals surface area contributed by atoms with E-state index in [4.69, 9.17) is 0 Å². The molecule has 8 nitrogen and oxygen atoms in total. The summed E-state index contributed by atoms with van der Waals surface area (Å²) in [5.41, 5.74) is 3.88. The Labute approximate surface area is 183 Å². The highest BCUT2D eigenvalue weighted by Crippen LogP contribution is 2.34. The quantitative estimate of drug-likeness (QED) is 0.789. The zero-order valence-electron chi connectivity index (χ0n) is 18.8. The van der Waals surface area contributed by atoms with Gasteiger partial charge in [-0.05, 0) is 43.4 Å². The normalized spacial score (nSPS) is 18.6. The third kappa shape index (κ3) is 4.52. The van der Waals surface area contributed by atoms with Gasteiger partial charge in [0.1, 0.15) is 0 Å². The Balaban J connectivity index is 1.63. The van der Waals surface area contributed by atoms with Gasteiger partial charge in [-0.15, -0.1) is 0 Å². The van der Waals surface area contributed by atoms with Crippen molar-refractivity contribution in [3.05, 3.63) is 41.5 Å². The molecule has 2 aliphatic heterocycles. The lowest BCUT2D eigenvalue weighted by Crippen LogP contribution is -2.49. The van der Waals surface area contributed by atoms with Gasteiger partial charge in [0, 0.05) is 58.1 Å². The van der Waals surface area contributed by atoms with Crippen molar-refractivity contribution in [1.82, 2.24) is 19.8 Å². The van der Waals surface area contributed by atoms with E-state index >= 15 is 0 Å². The van der Waals surface area contributed by atoms with Gasteiger partial charge < -0.3 is 25.0 Å². The molecule has 1 aromatic carbocycles. The first kappa shape index (κ1) is 21.2. The van der Waals surface area contributed by atoms with Crippen molar-refractivity contribution in [2.45, 2.75) is 32.6 Å². The van der Waals surface area contributed by atoms with E-state index in [1.807, 2.05) is 27.1 Å². The number of benzene rings is 1. The highest BCUT2D eigenvalue weighted by atomic mass is 16.2. The van der Waals surface area contributed by atoms with E-state index in [9.17, 15) is 9.59 Å². The van der Waals surface area contributed by atoms with Gasteiger partial charge in [0.05, 0.1) is 11.4 Å². The van der Waals surface area contributed by atoms with Gasteiger partial charge in [0.15, 0.2) is 5.82 Å². The number of hydrogen-bond acceptors (Lipinski definition) is 4. The topological polar surface area (TPSA) is 84.6 Å². The van der Waals surface area contributed by atoms with Crippen LogP contribution in [-0.2, 0) is 0 Å². The Kier molecular flexibility index (Phi) is 5.89. The van der Waals surface area contributed by atoms with Crippen LogP contribution in [0, 0.1) is 12.8 Å². The number of carbonyl (C=O) groups excluding carboxylic acids is 2. The second kappa shape index (κ2) is 8.61. The predicted octanol–water partition coefficient (Wildman–Crippen LogP) is 3.29. The molecule has 3 amide bonds. The van der Waals surface area contributed by atoms with Crippen LogP contribution in [0.2, 0.25) is 0 Å². The number of hydrogen-bond donors (Lipinski definition) is 2. The summed E-state index contributed by atoms with van der Waals surface area (Å²) in [5.74, 6) is 1.02. The van der Waals surface area contributed by atoms with Crippen LogP contribution in [0.15, 0.2) is 24.4 Å². The summed E-state index contributed by atoms with van der Waals surface area (Å²) < 4.78 is 0. The van der Waals surface area contributed by atoms with Gasteiger partial charge in [-0.3, -0.25) is 4.79 Å². The van der Waals surface area contributed by atoms with Crippen LogP contribution in [0.5, 0.6) is 0 Å². The van der Waals surface area contributed by atoms with Crippen molar-refractivity contribution in [2.75, 3.05) is 50.5 Å². The third-order valence-electron chi connectivity index (χ3n) is 6.43.